The second-order valence-electron chi connectivity index (χ2n) is 4.17. The number of benzene rings is 1. The molecule has 1 atom stereocenters. The van der Waals surface area contributed by atoms with Crippen molar-refractivity contribution in [3.63, 3.8) is 0 Å². The van der Waals surface area contributed by atoms with E-state index in [0.717, 1.165) is 12.0 Å². The Hall–Kier alpha value is -1.71. The fraction of sp³-hybridized carbons (Fsp3) is 0.500. The highest BCUT2D eigenvalue weighted by atomic mass is 16.6. The van der Waals surface area contributed by atoms with Crippen molar-refractivity contribution in [2.45, 2.75) is 39.7 Å². The predicted molar refractivity (Wildman–Crippen MR) is 71.5 cm³/mol. The van der Waals surface area contributed by atoms with Crippen molar-refractivity contribution in [1.82, 2.24) is 0 Å². The Morgan fingerprint density at radius 1 is 1.39 bits per heavy atom. The first-order chi connectivity index (χ1) is 8.58. The molecule has 1 aromatic carbocycles. The zero-order valence-corrected chi connectivity index (χ0v) is 11.2. The maximum Gasteiger partial charge on any atom is 0.347 e. The first kappa shape index (κ1) is 14.4. The molecule has 0 aliphatic rings. The molecule has 0 aliphatic carbocycles. The second kappa shape index (κ2) is 6.89. The van der Waals surface area contributed by atoms with Crippen LogP contribution in [-0.4, -0.2) is 18.7 Å². The Labute approximate surface area is 108 Å². The number of carbonyl (C=O) groups is 1. The molecule has 0 spiro atoms. The van der Waals surface area contributed by atoms with Crippen LogP contribution in [0.4, 0.5) is 5.69 Å². The summed E-state index contributed by atoms with van der Waals surface area (Å²) < 4.78 is 10.7. The van der Waals surface area contributed by atoms with Gasteiger partial charge in [0.25, 0.3) is 0 Å². The van der Waals surface area contributed by atoms with Gasteiger partial charge in [-0.2, -0.15) is 0 Å². The van der Waals surface area contributed by atoms with E-state index in [1.165, 1.54) is 0 Å². The van der Waals surface area contributed by atoms with Crippen LogP contribution >= 0.6 is 0 Å². The van der Waals surface area contributed by atoms with Gasteiger partial charge in [-0.25, -0.2) is 4.79 Å². The zero-order valence-electron chi connectivity index (χ0n) is 11.2. The molecule has 0 saturated carbocycles. The SMILES string of the molecule is CCCC(Oc1ccc(N)c(C)c1)C(=O)OCC. The van der Waals surface area contributed by atoms with Gasteiger partial charge in [0, 0.05) is 5.69 Å². The maximum absolute atomic E-state index is 11.7. The van der Waals surface area contributed by atoms with Crippen LogP contribution in [0, 0.1) is 6.92 Å². The van der Waals surface area contributed by atoms with Crippen LogP contribution in [0.15, 0.2) is 18.2 Å². The van der Waals surface area contributed by atoms with Gasteiger partial charge in [0.05, 0.1) is 6.61 Å². The Balaban J connectivity index is 2.76. The van der Waals surface area contributed by atoms with E-state index in [-0.39, 0.29) is 5.97 Å². The highest BCUT2D eigenvalue weighted by molar-refractivity contribution is 5.75. The number of rotatable bonds is 6. The lowest BCUT2D eigenvalue weighted by Gasteiger charge is -2.17. The number of carbonyl (C=O) groups excluding carboxylic acids is 1. The van der Waals surface area contributed by atoms with Crippen molar-refractivity contribution in [2.24, 2.45) is 0 Å². The van der Waals surface area contributed by atoms with Crippen molar-refractivity contribution in [3.8, 4) is 5.75 Å². The summed E-state index contributed by atoms with van der Waals surface area (Å²) in [6, 6.07) is 5.38. The van der Waals surface area contributed by atoms with Gasteiger partial charge < -0.3 is 15.2 Å². The zero-order chi connectivity index (χ0) is 13.5. The van der Waals surface area contributed by atoms with Crippen molar-refractivity contribution in [3.05, 3.63) is 23.8 Å². The van der Waals surface area contributed by atoms with E-state index < -0.39 is 6.10 Å². The van der Waals surface area contributed by atoms with Crippen LogP contribution in [0.3, 0.4) is 0 Å². The van der Waals surface area contributed by atoms with Gasteiger partial charge in [-0.15, -0.1) is 0 Å². The molecule has 1 rings (SSSR count). The van der Waals surface area contributed by atoms with Crippen molar-refractivity contribution in [2.75, 3.05) is 12.3 Å². The van der Waals surface area contributed by atoms with E-state index in [4.69, 9.17) is 15.2 Å². The minimum atomic E-state index is -0.544. The minimum absolute atomic E-state index is 0.311. The number of nitrogen functional groups attached to an aromatic ring is 1. The highest BCUT2D eigenvalue weighted by Gasteiger charge is 2.20. The molecule has 2 N–H and O–H groups in total. The average molecular weight is 251 g/mol. The monoisotopic (exact) mass is 251 g/mol. The van der Waals surface area contributed by atoms with Crippen molar-refractivity contribution in [1.29, 1.82) is 0 Å². The summed E-state index contributed by atoms with van der Waals surface area (Å²) in [7, 11) is 0. The molecular weight excluding hydrogens is 230 g/mol. The van der Waals surface area contributed by atoms with Crippen LogP contribution < -0.4 is 10.5 Å². The summed E-state index contributed by atoms with van der Waals surface area (Å²) in [6.45, 7) is 6.06. The molecule has 0 saturated heterocycles. The van der Waals surface area contributed by atoms with E-state index in [0.29, 0.717) is 24.5 Å². The molecule has 0 heterocycles. The largest absolute Gasteiger partial charge is 0.479 e. The van der Waals surface area contributed by atoms with Crippen LogP contribution in [-0.2, 0) is 9.53 Å². The van der Waals surface area contributed by atoms with Gasteiger partial charge in [0.2, 0.25) is 0 Å². The number of hydrogen-bond acceptors (Lipinski definition) is 4. The summed E-state index contributed by atoms with van der Waals surface area (Å²) in [5.74, 6) is 0.335. The Kier molecular flexibility index (Phi) is 5.49. The third kappa shape index (κ3) is 3.95. The van der Waals surface area contributed by atoms with Gasteiger partial charge in [-0.1, -0.05) is 13.3 Å². The average Bonchev–Trinajstić information content (AvgIpc) is 2.33. The van der Waals surface area contributed by atoms with Gasteiger partial charge in [0.1, 0.15) is 5.75 Å². The van der Waals surface area contributed by atoms with E-state index >= 15 is 0 Å². The number of anilines is 1. The molecule has 4 nitrogen and oxygen atoms in total. The first-order valence-corrected chi connectivity index (χ1v) is 6.27. The minimum Gasteiger partial charge on any atom is -0.479 e. The van der Waals surface area contributed by atoms with Crippen molar-refractivity contribution < 1.29 is 14.3 Å². The fourth-order valence-electron chi connectivity index (χ4n) is 1.61. The Morgan fingerprint density at radius 2 is 2.11 bits per heavy atom. The number of ether oxygens (including phenoxy) is 2. The third-order valence-corrected chi connectivity index (χ3v) is 2.62. The lowest BCUT2D eigenvalue weighted by molar-refractivity contribution is -0.151. The summed E-state index contributed by atoms with van der Waals surface area (Å²) in [5.41, 5.74) is 7.39. The summed E-state index contributed by atoms with van der Waals surface area (Å²) >= 11 is 0. The van der Waals surface area contributed by atoms with E-state index in [1.54, 1.807) is 19.1 Å². The highest BCUT2D eigenvalue weighted by Crippen LogP contribution is 2.21. The molecule has 18 heavy (non-hydrogen) atoms. The van der Waals surface area contributed by atoms with Gasteiger partial charge in [-0.3, -0.25) is 0 Å². The number of nitrogens with two attached hydrogens (primary N) is 1. The molecule has 0 aromatic heterocycles. The first-order valence-electron chi connectivity index (χ1n) is 6.27. The normalized spacial score (nSPS) is 11.9. The summed E-state index contributed by atoms with van der Waals surface area (Å²) in [5, 5.41) is 0. The number of esters is 1. The molecule has 100 valence electrons. The molecule has 0 fully saturated rings. The Morgan fingerprint density at radius 3 is 2.67 bits per heavy atom. The van der Waals surface area contributed by atoms with Crippen LogP contribution in [0.2, 0.25) is 0 Å². The third-order valence-electron chi connectivity index (χ3n) is 2.62. The fourth-order valence-corrected chi connectivity index (χ4v) is 1.61. The smallest absolute Gasteiger partial charge is 0.347 e. The molecule has 1 unspecified atom stereocenters. The van der Waals surface area contributed by atoms with Crippen molar-refractivity contribution >= 4 is 11.7 Å². The summed E-state index contributed by atoms with van der Waals surface area (Å²) in [4.78, 5) is 11.7. The van der Waals surface area contributed by atoms with Crippen LogP contribution in [0.1, 0.15) is 32.3 Å². The van der Waals surface area contributed by atoms with Gasteiger partial charge in [-0.05, 0) is 44.0 Å². The molecule has 4 heteroatoms. The molecule has 0 bridgehead atoms. The molecule has 0 amide bonds. The predicted octanol–water partition coefficient (Wildman–Crippen LogP) is 2.69. The molecule has 0 radical (unpaired) electrons. The van der Waals surface area contributed by atoms with Gasteiger partial charge in [0.15, 0.2) is 6.10 Å². The summed E-state index contributed by atoms with van der Waals surface area (Å²) in [6.07, 6.45) is 0.956. The van der Waals surface area contributed by atoms with E-state index in [9.17, 15) is 4.79 Å². The van der Waals surface area contributed by atoms with E-state index in [2.05, 4.69) is 0 Å². The standard InChI is InChI=1S/C14H21NO3/c1-4-6-13(14(16)17-5-2)18-11-7-8-12(15)10(3)9-11/h7-9,13H,4-6,15H2,1-3H3. The van der Waals surface area contributed by atoms with Gasteiger partial charge >= 0.3 is 5.97 Å². The van der Waals surface area contributed by atoms with Crippen LogP contribution in [0.25, 0.3) is 0 Å². The molecule has 1 aromatic rings. The molecule has 0 aliphatic heterocycles. The topological polar surface area (TPSA) is 61.5 Å². The molecular formula is C14H21NO3. The van der Waals surface area contributed by atoms with Crippen LogP contribution in [0.5, 0.6) is 5.75 Å². The number of aryl methyl sites for hydroxylation is 1. The quantitative estimate of drug-likeness (QED) is 0.623. The maximum atomic E-state index is 11.7. The number of hydrogen-bond donors (Lipinski definition) is 1. The van der Waals surface area contributed by atoms with E-state index in [1.807, 2.05) is 19.9 Å². The lowest BCUT2D eigenvalue weighted by atomic mass is 10.2. The second-order valence-corrected chi connectivity index (χ2v) is 4.17. The lowest BCUT2D eigenvalue weighted by Crippen LogP contribution is -2.29. The Bertz CT molecular complexity index is 404.